The van der Waals surface area contributed by atoms with E-state index in [-0.39, 0.29) is 0 Å². The Morgan fingerprint density at radius 3 is 1.56 bits per heavy atom. The van der Waals surface area contributed by atoms with Crippen LogP contribution in [0, 0.1) is 0 Å². The van der Waals surface area contributed by atoms with E-state index in [9.17, 15) is 9.46 Å². The lowest BCUT2D eigenvalue weighted by Crippen LogP contribution is -2.10. The number of rotatable bonds is 6. The van der Waals surface area contributed by atoms with E-state index in [4.69, 9.17) is 18.5 Å². The molecule has 0 spiro atoms. The monoisotopic (exact) mass is 596 g/mol. The van der Waals surface area contributed by atoms with E-state index in [1.165, 1.54) is 22.3 Å². The normalized spacial score (nSPS) is 16.5. The summed E-state index contributed by atoms with van der Waals surface area (Å²) in [4.78, 5) is 11.3. The van der Waals surface area contributed by atoms with Crippen LogP contribution in [-0.4, -0.2) is 19.1 Å². The lowest BCUT2D eigenvalue weighted by atomic mass is 9.77. The van der Waals surface area contributed by atoms with E-state index in [0.717, 1.165) is 95.9 Å². The summed E-state index contributed by atoms with van der Waals surface area (Å²) >= 11 is 0. The van der Waals surface area contributed by atoms with Crippen LogP contribution in [0.4, 0.5) is 0 Å². The van der Waals surface area contributed by atoms with Crippen molar-refractivity contribution < 1.29 is 28.0 Å². The number of ether oxygens (including phenoxy) is 2. The van der Waals surface area contributed by atoms with Gasteiger partial charge < -0.3 is 18.5 Å². The van der Waals surface area contributed by atoms with Gasteiger partial charge in [0.15, 0.2) is 0 Å². The summed E-state index contributed by atoms with van der Waals surface area (Å²) in [6.07, 6.45) is 8.06. The van der Waals surface area contributed by atoms with Gasteiger partial charge in [-0.05, 0) is 120 Å². The predicted octanol–water partition coefficient (Wildman–Crippen LogP) is 8.61. The molecule has 0 atom stereocenters. The summed E-state index contributed by atoms with van der Waals surface area (Å²) in [6, 6.07) is 20.7. The SMILES string of the molecule is COCc1cccc(-c2cc3c(c4c2OP(=O)(O)Oc2c(-c5cccc(COC)c5)cc5c(c2-4)CCCC5)CCCC3)c1. The van der Waals surface area contributed by atoms with E-state index in [1.54, 1.807) is 14.2 Å². The van der Waals surface area contributed by atoms with Crippen LogP contribution in [0.25, 0.3) is 33.4 Å². The van der Waals surface area contributed by atoms with Crippen molar-refractivity contribution in [2.75, 3.05) is 14.2 Å². The minimum absolute atomic E-state index is 0.442. The Labute approximate surface area is 253 Å². The van der Waals surface area contributed by atoms with Crippen molar-refractivity contribution in [3.8, 4) is 44.9 Å². The van der Waals surface area contributed by atoms with E-state index in [0.29, 0.717) is 24.7 Å². The van der Waals surface area contributed by atoms with E-state index in [2.05, 4.69) is 24.3 Å². The second-order valence-electron chi connectivity index (χ2n) is 11.9. The molecule has 3 aliphatic rings. The zero-order chi connectivity index (χ0) is 29.6. The minimum Gasteiger partial charge on any atom is -0.394 e. The summed E-state index contributed by atoms with van der Waals surface area (Å²) in [6.45, 7) is 0.955. The standard InChI is InChI=1S/C36H37O6P/c1-39-21-23-9-7-13-25(17-23)31-19-27-11-3-5-15-29(27)33-34-30-16-6-4-12-28(30)20-32(26-14-8-10-24(18-26)22-40-2)36(34)42-43(37,38)41-35(31)33/h7-10,13-14,17-20H,3-6,11-12,15-16,21-22H2,1-2H3,(H,37,38). The number of benzene rings is 4. The smallest absolute Gasteiger partial charge is 0.394 e. The van der Waals surface area contributed by atoms with Crippen molar-refractivity contribution in [1.29, 1.82) is 0 Å². The van der Waals surface area contributed by atoms with E-state index < -0.39 is 7.82 Å². The van der Waals surface area contributed by atoms with Gasteiger partial charge in [-0.3, -0.25) is 4.89 Å². The number of phosphoric ester groups is 1. The highest BCUT2D eigenvalue weighted by Gasteiger charge is 2.40. The van der Waals surface area contributed by atoms with Crippen molar-refractivity contribution in [2.24, 2.45) is 0 Å². The minimum atomic E-state index is -4.56. The maximum absolute atomic E-state index is 13.9. The van der Waals surface area contributed by atoms with E-state index >= 15 is 0 Å². The third-order valence-electron chi connectivity index (χ3n) is 8.97. The first-order valence-corrected chi connectivity index (χ1v) is 16.7. The molecule has 6 nitrogen and oxygen atoms in total. The number of phosphoric acid groups is 1. The fraction of sp³-hybridized carbons (Fsp3) is 0.333. The summed E-state index contributed by atoms with van der Waals surface area (Å²) in [5.41, 5.74) is 12.4. The van der Waals surface area contributed by atoms with Crippen LogP contribution in [0.15, 0.2) is 60.7 Å². The third-order valence-corrected chi connectivity index (χ3v) is 9.79. The van der Waals surface area contributed by atoms with Gasteiger partial charge >= 0.3 is 7.82 Å². The van der Waals surface area contributed by atoms with Crippen molar-refractivity contribution >= 4 is 7.82 Å². The number of hydrogen-bond donors (Lipinski definition) is 1. The molecule has 0 fully saturated rings. The largest absolute Gasteiger partial charge is 0.584 e. The van der Waals surface area contributed by atoms with Crippen LogP contribution in [0.2, 0.25) is 0 Å². The first kappa shape index (κ1) is 28.4. The highest BCUT2D eigenvalue weighted by molar-refractivity contribution is 7.48. The van der Waals surface area contributed by atoms with Gasteiger partial charge in [-0.15, -0.1) is 0 Å². The molecule has 1 aliphatic heterocycles. The van der Waals surface area contributed by atoms with Crippen LogP contribution < -0.4 is 9.05 Å². The molecular formula is C36H37O6P. The van der Waals surface area contributed by atoms with Gasteiger partial charge in [0.1, 0.15) is 11.5 Å². The first-order chi connectivity index (χ1) is 21.0. The van der Waals surface area contributed by atoms with Crippen molar-refractivity contribution in [3.05, 3.63) is 94.0 Å². The maximum Gasteiger partial charge on any atom is 0.584 e. The molecule has 0 radical (unpaired) electrons. The van der Waals surface area contributed by atoms with Gasteiger partial charge in [-0.1, -0.05) is 36.4 Å². The number of methoxy groups -OCH3 is 2. The second kappa shape index (κ2) is 11.6. The van der Waals surface area contributed by atoms with Crippen molar-refractivity contribution in [2.45, 2.75) is 64.6 Å². The van der Waals surface area contributed by atoms with Gasteiger partial charge in [0.2, 0.25) is 0 Å². The summed E-state index contributed by atoms with van der Waals surface area (Å²) in [5, 5.41) is 0. The van der Waals surface area contributed by atoms with Gasteiger partial charge in [0.25, 0.3) is 0 Å². The average molecular weight is 597 g/mol. The van der Waals surface area contributed by atoms with Gasteiger partial charge in [-0.2, -0.15) is 0 Å². The number of hydrogen-bond acceptors (Lipinski definition) is 5. The molecule has 0 aromatic heterocycles. The van der Waals surface area contributed by atoms with Crippen LogP contribution in [0.1, 0.15) is 59.1 Å². The molecular weight excluding hydrogens is 559 g/mol. The van der Waals surface area contributed by atoms with Crippen LogP contribution >= 0.6 is 7.82 Å². The average Bonchev–Trinajstić information content (AvgIpc) is 3.14. The Bertz CT molecular complexity index is 1630. The molecule has 0 saturated carbocycles. The lowest BCUT2D eigenvalue weighted by Gasteiger charge is -2.28. The molecule has 4 aromatic carbocycles. The highest BCUT2D eigenvalue weighted by atomic mass is 31.2. The second-order valence-corrected chi connectivity index (χ2v) is 13.2. The molecule has 1 heterocycles. The molecule has 4 aromatic rings. The Balaban J connectivity index is 1.58. The van der Waals surface area contributed by atoms with E-state index in [1.807, 2.05) is 36.4 Å². The molecule has 0 saturated heterocycles. The quantitative estimate of drug-likeness (QED) is 0.225. The maximum atomic E-state index is 13.9. The molecule has 0 bridgehead atoms. The van der Waals surface area contributed by atoms with Crippen LogP contribution in [0.5, 0.6) is 11.5 Å². The fourth-order valence-electron chi connectivity index (χ4n) is 7.16. The number of aryl methyl sites for hydroxylation is 2. The Morgan fingerprint density at radius 1 is 0.674 bits per heavy atom. The summed E-state index contributed by atoms with van der Waals surface area (Å²) in [7, 11) is -1.19. The summed E-state index contributed by atoms with van der Waals surface area (Å²) in [5.74, 6) is 0.885. The zero-order valence-corrected chi connectivity index (χ0v) is 25.7. The molecule has 0 amide bonds. The van der Waals surface area contributed by atoms with Crippen LogP contribution in [-0.2, 0) is 52.9 Å². The van der Waals surface area contributed by atoms with Gasteiger partial charge in [-0.25, -0.2) is 4.57 Å². The van der Waals surface area contributed by atoms with Crippen molar-refractivity contribution in [1.82, 2.24) is 0 Å². The fourth-order valence-corrected chi connectivity index (χ4v) is 8.04. The molecule has 7 heteroatoms. The highest BCUT2D eigenvalue weighted by Crippen LogP contribution is 2.61. The summed E-state index contributed by atoms with van der Waals surface area (Å²) < 4.78 is 37.1. The van der Waals surface area contributed by atoms with Gasteiger partial charge in [0.05, 0.1) is 13.2 Å². The van der Waals surface area contributed by atoms with Crippen molar-refractivity contribution in [3.63, 3.8) is 0 Å². The molecule has 43 heavy (non-hydrogen) atoms. The number of fused-ring (bicyclic) bond motifs is 7. The zero-order valence-electron chi connectivity index (χ0n) is 24.8. The Morgan fingerprint density at radius 2 is 1.12 bits per heavy atom. The molecule has 1 N–H and O–H groups in total. The van der Waals surface area contributed by atoms with Gasteiger partial charge in [0, 0.05) is 36.5 Å². The first-order valence-electron chi connectivity index (χ1n) is 15.2. The Kier molecular flexibility index (Phi) is 7.65. The third kappa shape index (κ3) is 5.32. The molecule has 222 valence electrons. The Hall–Kier alpha value is -3.41. The molecule has 0 unspecified atom stereocenters. The van der Waals surface area contributed by atoms with Crippen LogP contribution in [0.3, 0.4) is 0 Å². The predicted molar refractivity (Wildman–Crippen MR) is 169 cm³/mol. The molecule has 7 rings (SSSR count). The lowest BCUT2D eigenvalue weighted by molar-refractivity contribution is 0.185. The topological polar surface area (TPSA) is 74.2 Å². The molecule has 2 aliphatic carbocycles.